The zero-order valence-electron chi connectivity index (χ0n) is 15.8. The zero-order chi connectivity index (χ0) is 20.4. The summed E-state index contributed by atoms with van der Waals surface area (Å²) >= 11 is 1.25. The molecule has 3 aromatic rings. The summed E-state index contributed by atoms with van der Waals surface area (Å²) in [5.74, 6) is -0.641. The summed E-state index contributed by atoms with van der Waals surface area (Å²) < 4.78 is 33.3. The number of benzene rings is 2. The number of thiazole rings is 1. The van der Waals surface area contributed by atoms with Crippen molar-refractivity contribution in [3.8, 4) is 5.75 Å². The molecule has 0 radical (unpaired) electrons. The number of carbonyl (C=O) groups excluding carboxylic acids is 1. The molecule has 0 aliphatic carbocycles. The van der Waals surface area contributed by atoms with Gasteiger partial charge in [-0.2, -0.15) is 0 Å². The molecule has 4 rings (SSSR count). The lowest BCUT2D eigenvalue weighted by Gasteiger charge is -2.34. The molecule has 2 aromatic carbocycles. The van der Waals surface area contributed by atoms with Gasteiger partial charge in [0.2, 0.25) is 0 Å². The molecule has 1 aliphatic rings. The van der Waals surface area contributed by atoms with Crippen LogP contribution in [0.2, 0.25) is 0 Å². The van der Waals surface area contributed by atoms with Crippen LogP contribution in [0.4, 0.5) is 24.4 Å². The number of hydrogen-bond acceptors (Lipinski definition) is 5. The van der Waals surface area contributed by atoms with Gasteiger partial charge in [0.05, 0.1) is 17.0 Å². The first-order chi connectivity index (χ1) is 14.0. The number of nitrogens with one attached hydrogen (secondary N) is 1. The van der Waals surface area contributed by atoms with Gasteiger partial charge in [-0.25, -0.2) is 18.6 Å². The second-order valence-corrected chi connectivity index (χ2v) is 7.57. The van der Waals surface area contributed by atoms with Gasteiger partial charge in [0.1, 0.15) is 17.1 Å². The van der Waals surface area contributed by atoms with E-state index in [0.29, 0.717) is 54.1 Å². The van der Waals surface area contributed by atoms with E-state index in [4.69, 9.17) is 4.74 Å². The van der Waals surface area contributed by atoms with E-state index in [9.17, 15) is 13.6 Å². The molecule has 152 valence electrons. The zero-order valence-corrected chi connectivity index (χ0v) is 16.6. The Kier molecular flexibility index (Phi) is 5.48. The number of para-hydroxylation sites is 2. The van der Waals surface area contributed by atoms with Crippen LogP contribution in [0.15, 0.2) is 36.4 Å². The van der Waals surface area contributed by atoms with E-state index >= 15 is 0 Å². The second-order valence-electron chi connectivity index (χ2n) is 6.56. The number of fused-ring (bicyclic) bond motifs is 1. The lowest BCUT2D eigenvalue weighted by Crippen LogP contribution is -2.50. The maximum atomic E-state index is 13.9. The number of aromatic nitrogens is 1. The Morgan fingerprint density at radius 2 is 1.97 bits per heavy atom. The molecule has 1 aliphatic heterocycles. The van der Waals surface area contributed by atoms with Gasteiger partial charge in [-0.1, -0.05) is 23.5 Å². The highest BCUT2D eigenvalue weighted by molar-refractivity contribution is 7.22. The van der Waals surface area contributed by atoms with Gasteiger partial charge in [0.25, 0.3) is 0 Å². The summed E-state index contributed by atoms with van der Waals surface area (Å²) in [6.45, 7) is 4.51. The number of urea groups is 1. The van der Waals surface area contributed by atoms with Crippen molar-refractivity contribution in [3.05, 3.63) is 48.0 Å². The van der Waals surface area contributed by atoms with Gasteiger partial charge in [0.15, 0.2) is 10.9 Å². The van der Waals surface area contributed by atoms with E-state index in [1.54, 1.807) is 11.0 Å². The monoisotopic (exact) mass is 418 g/mol. The highest BCUT2D eigenvalue weighted by Crippen LogP contribution is 2.31. The topological polar surface area (TPSA) is 57.7 Å². The number of rotatable bonds is 4. The van der Waals surface area contributed by atoms with E-state index in [2.05, 4.69) is 10.3 Å². The first-order valence-corrected chi connectivity index (χ1v) is 10.1. The minimum absolute atomic E-state index is 0.180. The lowest BCUT2D eigenvalue weighted by molar-refractivity contribution is 0.208. The van der Waals surface area contributed by atoms with Crippen LogP contribution in [0, 0.1) is 11.6 Å². The maximum Gasteiger partial charge on any atom is 0.322 e. The third-order valence-electron chi connectivity index (χ3n) is 4.67. The summed E-state index contributed by atoms with van der Waals surface area (Å²) in [6, 6.07) is 9.24. The number of halogens is 2. The Morgan fingerprint density at radius 3 is 2.72 bits per heavy atom. The minimum atomic E-state index is -0.659. The van der Waals surface area contributed by atoms with Crippen molar-refractivity contribution < 1.29 is 18.3 Å². The number of hydrogen-bond donors (Lipinski definition) is 1. The van der Waals surface area contributed by atoms with Gasteiger partial charge in [0, 0.05) is 32.2 Å². The van der Waals surface area contributed by atoms with E-state index in [1.807, 2.05) is 30.0 Å². The van der Waals surface area contributed by atoms with E-state index < -0.39 is 11.6 Å². The molecular weight excluding hydrogens is 398 g/mol. The van der Waals surface area contributed by atoms with Gasteiger partial charge in [-0.05, 0) is 25.1 Å². The number of anilines is 2. The summed E-state index contributed by atoms with van der Waals surface area (Å²) in [7, 11) is 0. The molecule has 6 nitrogen and oxygen atoms in total. The Morgan fingerprint density at radius 1 is 1.21 bits per heavy atom. The first kappa shape index (κ1) is 19.4. The lowest BCUT2D eigenvalue weighted by atomic mass is 10.3. The second kappa shape index (κ2) is 8.20. The van der Waals surface area contributed by atoms with Crippen LogP contribution in [0.5, 0.6) is 5.75 Å². The molecule has 2 heterocycles. The predicted octanol–water partition coefficient (Wildman–Crippen LogP) is 4.33. The van der Waals surface area contributed by atoms with Crippen LogP contribution in [0.3, 0.4) is 0 Å². The highest BCUT2D eigenvalue weighted by atomic mass is 32.1. The normalized spacial score (nSPS) is 14.3. The van der Waals surface area contributed by atoms with Crippen LogP contribution in [0.25, 0.3) is 10.2 Å². The molecule has 0 bridgehead atoms. The largest absolute Gasteiger partial charge is 0.492 e. The Labute approximate surface area is 170 Å². The molecule has 9 heteroatoms. The highest BCUT2D eigenvalue weighted by Gasteiger charge is 2.24. The molecular formula is C20H20F2N4O2S. The molecule has 0 saturated carbocycles. The number of carbonyl (C=O) groups is 1. The van der Waals surface area contributed by atoms with Crippen molar-refractivity contribution >= 4 is 38.4 Å². The van der Waals surface area contributed by atoms with Gasteiger partial charge < -0.3 is 19.9 Å². The van der Waals surface area contributed by atoms with Crippen molar-refractivity contribution in [2.24, 2.45) is 0 Å². The average molecular weight is 418 g/mol. The molecule has 1 fully saturated rings. The molecule has 29 heavy (non-hydrogen) atoms. The molecule has 0 spiro atoms. The quantitative estimate of drug-likeness (QED) is 0.685. The number of amides is 2. The summed E-state index contributed by atoms with van der Waals surface area (Å²) in [5, 5.41) is 3.52. The maximum absolute atomic E-state index is 13.9. The van der Waals surface area contributed by atoms with Crippen molar-refractivity contribution in [3.63, 3.8) is 0 Å². The standard InChI is InChI=1S/C20H20F2N4O2S/c1-2-28-16-6-4-3-5-15(16)23-19(27)25-7-9-26(10-8-25)20-24-18-14(22)11-13(21)12-17(18)29-20/h3-6,11-12H,2,7-10H2,1H3,(H,23,27). The Hall–Kier alpha value is -2.94. The smallest absolute Gasteiger partial charge is 0.322 e. The summed E-state index contributed by atoms with van der Waals surface area (Å²) in [5.41, 5.74) is 0.810. The van der Waals surface area contributed by atoms with Crippen molar-refractivity contribution in [2.45, 2.75) is 6.92 Å². The third-order valence-corrected chi connectivity index (χ3v) is 5.73. The average Bonchev–Trinajstić information content (AvgIpc) is 3.14. The van der Waals surface area contributed by atoms with E-state index in [-0.39, 0.29) is 11.5 Å². The fourth-order valence-electron chi connectivity index (χ4n) is 3.23. The Balaban J connectivity index is 1.41. The SMILES string of the molecule is CCOc1ccccc1NC(=O)N1CCN(c2nc3c(F)cc(F)cc3s2)CC1. The van der Waals surface area contributed by atoms with Crippen LogP contribution >= 0.6 is 11.3 Å². The van der Waals surface area contributed by atoms with Gasteiger partial charge in [-0.15, -0.1) is 0 Å². The number of nitrogens with zero attached hydrogens (tertiary/aromatic N) is 3. The van der Waals surface area contributed by atoms with Gasteiger partial charge in [-0.3, -0.25) is 0 Å². The van der Waals surface area contributed by atoms with Gasteiger partial charge >= 0.3 is 6.03 Å². The molecule has 1 N–H and O–H groups in total. The third kappa shape index (κ3) is 4.09. The summed E-state index contributed by atoms with van der Waals surface area (Å²) in [4.78, 5) is 20.6. The molecule has 1 saturated heterocycles. The van der Waals surface area contributed by atoms with Crippen molar-refractivity contribution in [2.75, 3.05) is 43.0 Å². The molecule has 0 unspecified atom stereocenters. The fourth-order valence-corrected chi connectivity index (χ4v) is 4.28. The molecule has 0 atom stereocenters. The van der Waals surface area contributed by atoms with Crippen molar-refractivity contribution in [1.29, 1.82) is 0 Å². The van der Waals surface area contributed by atoms with Crippen LogP contribution in [-0.4, -0.2) is 48.7 Å². The van der Waals surface area contributed by atoms with Crippen molar-refractivity contribution in [1.82, 2.24) is 9.88 Å². The number of piperazine rings is 1. The Bertz CT molecular complexity index is 1030. The fraction of sp³-hybridized carbons (Fsp3) is 0.300. The first-order valence-electron chi connectivity index (χ1n) is 9.33. The minimum Gasteiger partial charge on any atom is -0.492 e. The summed E-state index contributed by atoms with van der Waals surface area (Å²) in [6.07, 6.45) is 0. The molecule has 2 amide bonds. The van der Waals surface area contributed by atoms with Crippen LogP contribution < -0.4 is 15.0 Å². The number of ether oxygens (including phenoxy) is 1. The predicted molar refractivity (Wildman–Crippen MR) is 110 cm³/mol. The van der Waals surface area contributed by atoms with E-state index in [1.165, 1.54) is 17.4 Å². The van der Waals surface area contributed by atoms with Crippen LogP contribution in [-0.2, 0) is 0 Å². The molecule has 1 aromatic heterocycles. The van der Waals surface area contributed by atoms with E-state index in [0.717, 1.165) is 6.07 Å². The van der Waals surface area contributed by atoms with Crippen LogP contribution in [0.1, 0.15) is 6.92 Å².